The first-order valence-electron chi connectivity index (χ1n) is 9.04. The molecule has 4 rings (SSSR count). The molecule has 31 heavy (non-hydrogen) atoms. The minimum Gasteiger partial charge on any atom is -0.457 e. The Morgan fingerprint density at radius 3 is 2.55 bits per heavy atom. The molecule has 1 amide bonds. The number of aliphatic imine (C=N–C) groups is 1. The third-order valence-electron chi connectivity index (χ3n) is 4.15. The van der Waals surface area contributed by atoms with Gasteiger partial charge >= 0.3 is 0 Å². The molecule has 7 nitrogen and oxygen atoms in total. The van der Waals surface area contributed by atoms with Crippen molar-refractivity contribution in [2.75, 3.05) is 0 Å². The predicted molar refractivity (Wildman–Crippen MR) is 125 cm³/mol. The number of carbonyl (C=O) groups excluding carboxylic acids is 1. The largest absolute Gasteiger partial charge is 0.457 e. The lowest BCUT2D eigenvalue weighted by atomic mass is 10.2. The molecule has 0 atom stereocenters. The smallest absolute Gasteiger partial charge is 0.270 e. The predicted octanol–water partition coefficient (Wildman–Crippen LogP) is 6.04. The van der Waals surface area contributed by atoms with E-state index >= 15 is 0 Å². The van der Waals surface area contributed by atoms with E-state index in [9.17, 15) is 14.9 Å². The highest BCUT2D eigenvalue weighted by molar-refractivity contribution is 9.10. The number of halogens is 1. The molecule has 0 unspecified atom stereocenters. The number of para-hydroxylation sites is 1. The molecule has 154 valence electrons. The number of ether oxygens (including phenoxy) is 1. The van der Waals surface area contributed by atoms with E-state index in [-0.39, 0.29) is 11.6 Å². The number of benzene rings is 3. The number of nitrogens with one attached hydrogen (secondary N) is 1. The Morgan fingerprint density at radius 2 is 1.81 bits per heavy atom. The fraction of sp³-hybridized carbons (Fsp3) is 0. The number of hydrogen-bond donors (Lipinski definition) is 1. The summed E-state index contributed by atoms with van der Waals surface area (Å²) in [5.74, 6) is 1.12. The van der Waals surface area contributed by atoms with Gasteiger partial charge in [-0.05, 0) is 69.7 Å². The lowest BCUT2D eigenvalue weighted by Gasteiger charge is -2.06. The lowest BCUT2D eigenvalue weighted by Crippen LogP contribution is -2.19. The first-order valence-corrected chi connectivity index (χ1v) is 10.7. The van der Waals surface area contributed by atoms with Gasteiger partial charge in [-0.15, -0.1) is 0 Å². The van der Waals surface area contributed by atoms with Crippen molar-refractivity contribution in [3.05, 3.63) is 97.9 Å². The number of rotatable bonds is 5. The van der Waals surface area contributed by atoms with Gasteiger partial charge in [0.25, 0.3) is 11.6 Å². The number of amides is 1. The molecule has 0 bridgehead atoms. The number of nitro groups is 1. The first kappa shape index (κ1) is 20.8. The molecule has 1 fully saturated rings. The van der Waals surface area contributed by atoms with Gasteiger partial charge in [-0.1, -0.05) is 30.3 Å². The van der Waals surface area contributed by atoms with Crippen LogP contribution in [-0.2, 0) is 4.79 Å². The van der Waals surface area contributed by atoms with Gasteiger partial charge in [0, 0.05) is 12.1 Å². The van der Waals surface area contributed by atoms with E-state index in [2.05, 4.69) is 26.2 Å². The highest BCUT2D eigenvalue weighted by Crippen LogP contribution is 2.33. The van der Waals surface area contributed by atoms with Gasteiger partial charge in [0.2, 0.25) is 0 Å². The Balaban J connectivity index is 1.52. The average Bonchev–Trinajstić information content (AvgIpc) is 3.09. The zero-order valence-electron chi connectivity index (χ0n) is 15.8. The van der Waals surface area contributed by atoms with Crippen LogP contribution in [0.4, 0.5) is 11.4 Å². The van der Waals surface area contributed by atoms with Crippen LogP contribution in [-0.4, -0.2) is 16.0 Å². The number of thioether (sulfide) groups is 1. The highest BCUT2D eigenvalue weighted by Gasteiger charge is 2.24. The summed E-state index contributed by atoms with van der Waals surface area (Å²) in [7, 11) is 0. The van der Waals surface area contributed by atoms with Gasteiger partial charge in [0.1, 0.15) is 11.5 Å². The molecule has 1 heterocycles. The Kier molecular flexibility index (Phi) is 6.15. The summed E-state index contributed by atoms with van der Waals surface area (Å²) in [5.41, 5.74) is 1.24. The van der Waals surface area contributed by atoms with Crippen LogP contribution >= 0.6 is 27.7 Å². The van der Waals surface area contributed by atoms with Gasteiger partial charge < -0.3 is 10.1 Å². The summed E-state index contributed by atoms with van der Waals surface area (Å²) in [4.78, 5) is 27.6. The number of carbonyl (C=O) groups is 1. The van der Waals surface area contributed by atoms with Gasteiger partial charge in [-0.3, -0.25) is 14.9 Å². The van der Waals surface area contributed by atoms with Gasteiger partial charge in [0.05, 0.1) is 20.0 Å². The number of non-ortho nitro benzene ring substituents is 1. The Labute approximate surface area is 190 Å². The maximum absolute atomic E-state index is 12.4. The van der Waals surface area contributed by atoms with Crippen molar-refractivity contribution >= 4 is 56.2 Å². The molecule has 3 aromatic rings. The number of amidine groups is 1. The van der Waals surface area contributed by atoms with E-state index in [4.69, 9.17) is 4.74 Å². The Hall–Kier alpha value is -3.43. The van der Waals surface area contributed by atoms with E-state index in [0.29, 0.717) is 26.0 Å². The van der Waals surface area contributed by atoms with Crippen LogP contribution in [0.2, 0.25) is 0 Å². The molecule has 1 saturated heterocycles. The van der Waals surface area contributed by atoms with E-state index in [1.54, 1.807) is 6.08 Å². The van der Waals surface area contributed by atoms with Crippen molar-refractivity contribution in [2.45, 2.75) is 0 Å². The van der Waals surface area contributed by atoms with Crippen LogP contribution < -0.4 is 10.1 Å². The van der Waals surface area contributed by atoms with Crippen LogP contribution in [0.5, 0.6) is 11.5 Å². The fourth-order valence-corrected chi connectivity index (χ4v) is 4.02. The van der Waals surface area contributed by atoms with Crippen molar-refractivity contribution < 1.29 is 14.5 Å². The monoisotopic (exact) mass is 495 g/mol. The molecule has 1 aliphatic rings. The van der Waals surface area contributed by atoms with Gasteiger partial charge in [-0.25, -0.2) is 4.99 Å². The summed E-state index contributed by atoms with van der Waals surface area (Å²) in [6.45, 7) is 0. The minimum absolute atomic E-state index is 0.0443. The molecule has 0 aliphatic carbocycles. The van der Waals surface area contributed by atoms with Crippen molar-refractivity contribution in [3.63, 3.8) is 0 Å². The van der Waals surface area contributed by atoms with Crippen molar-refractivity contribution in [2.24, 2.45) is 4.99 Å². The topological polar surface area (TPSA) is 93.8 Å². The summed E-state index contributed by atoms with van der Waals surface area (Å²) in [6.07, 6.45) is 1.76. The fourth-order valence-electron chi connectivity index (χ4n) is 2.73. The molecule has 0 spiro atoms. The number of nitro benzene ring substituents is 1. The number of hydrogen-bond acceptors (Lipinski definition) is 6. The number of nitrogens with zero attached hydrogens (tertiary/aromatic N) is 2. The Bertz CT molecular complexity index is 1230. The van der Waals surface area contributed by atoms with E-state index in [0.717, 1.165) is 11.3 Å². The van der Waals surface area contributed by atoms with E-state index in [1.165, 1.54) is 30.0 Å². The van der Waals surface area contributed by atoms with Gasteiger partial charge in [0.15, 0.2) is 5.17 Å². The SMILES string of the molecule is O=C1NC(=Nc2ccc([N+](=O)[O-])cc2Br)S/C1=C/c1cccc(Oc2ccccc2)c1. The quantitative estimate of drug-likeness (QED) is 0.264. The molecule has 9 heteroatoms. The highest BCUT2D eigenvalue weighted by atomic mass is 79.9. The first-order chi connectivity index (χ1) is 15.0. The van der Waals surface area contributed by atoms with Crippen LogP contribution in [0.1, 0.15) is 5.56 Å². The maximum atomic E-state index is 12.4. The molecule has 3 aromatic carbocycles. The molecule has 0 aromatic heterocycles. The van der Waals surface area contributed by atoms with Crippen molar-refractivity contribution in [1.82, 2.24) is 5.32 Å². The summed E-state index contributed by atoms with van der Waals surface area (Å²) in [6, 6.07) is 21.1. The van der Waals surface area contributed by atoms with E-state index in [1.807, 2.05) is 54.6 Å². The third kappa shape index (κ3) is 5.19. The second-order valence-corrected chi connectivity index (χ2v) is 8.25. The summed E-state index contributed by atoms with van der Waals surface area (Å²) < 4.78 is 6.30. The van der Waals surface area contributed by atoms with Crippen molar-refractivity contribution in [3.8, 4) is 11.5 Å². The molecule has 0 radical (unpaired) electrons. The average molecular weight is 496 g/mol. The van der Waals surface area contributed by atoms with Crippen molar-refractivity contribution in [1.29, 1.82) is 0 Å². The summed E-state index contributed by atoms with van der Waals surface area (Å²) in [5, 5.41) is 14.0. The van der Waals surface area contributed by atoms with Crippen LogP contribution in [0, 0.1) is 10.1 Å². The molecule has 1 aliphatic heterocycles. The zero-order valence-corrected chi connectivity index (χ0v) is 18.2. The van der Waals surface area contributed by atoms with Crippen LogP contribution in [0.15, 0.2) is 87.2 Å². The molecular weight excluding hydrogens is 482 g/mol. The minimum atomic E-state index is -0.482. The van der Waals surface area contributed by atoms with E-state index < -0.39 is 4.92 Å². The molecular formula is C22H14BrN3O4S. The second-order valence-electron chi connectivity index (χ2n) is 6.36. The molecule has 0 saturated carbocycles. The van der Waals surface area contributed by atoms with Gasteiger partial charge in [-0.2, -0.15) is 0 Å². The Morgan fingerprint density at radius 1 is 1.03 bits per heavy atom. The standard InChI is InChI=1S/C22H14BrN3O4S/c23-18-13-15(26(28)29)9-10-19(18)24-22-25-21(27)20(31-22)12-14-5-4-8-17(11-14)30-16-6-2-1-3-7-16/h1-13H,(H,24,25,27)/b20-12+. The van der Waals surface area contributed by atoms with Crippen LogP contribution in [0.25, 0.3) is 6.08 Å². The maximum Gasteiger partial charge on any atom is 0.270 e. The normalized spacial score (nSPS) is 15.8. The summed E-state index contributed by atoms with van der Waals surface area (Å²) >= 11 is 4.47. The second kappa shape index (κ2) is 9.15. The lowest BCUT2D eigenvalue weighted by molar-refractivity contribution is -0.384. The third-order valence-corrected chi connectivity index (χ3v) is 5.69. The zero-order chi connectivity index (χ0) is 21.8. The molecule has 1 N–H and O–H groups in total. The van der Waals surface area contributed by atoms with Crippen LogP contribution in [0.3, 0.4) is 0 Å².